The van der Waals surface area contributed by atoms with E-state index in [-0.39, 0.29) is 5.91 Å². The lowest BCUT2D eigenvalue weighted by molar-refractivity contribution is -0.155. The Hall–Kier alpha value is -2.08. The maximum Gasteiger partial charge on any atom is 0.332 e. The van der Waals surface area contributed by atoms with Gasteiger partial charge in [0.05, 0.1) is 7.11 Å². The summed E-state index contributed by atoms with van der Waals surface area (Å²) in [5.74, 6) is 0.405. The van der Waals surface area contributed by atoms with E-state index in [0.29, 0.717) is 31.8 Å². The van der Waals surface area contributed by atoms with Crippen LogP contribution in [0.5, 0.6) is 5.75 Å². The Morgan fingerprint density at radius 3 is 2.48 bits per heavy atom. The van der Waals surface area contributed by atoms with E-state index in [1.165, 1.54) is 5.56 Å². The summed E-state index contributed by atoms with van der Waals surface area (Å²) in [7, 11) is 1.69. The van der Waals surface area contributed by atoms with E-state index in [0.717, 1.165) is 25.0 Å². The summed E-state index contributed by atoms with van der Waals surface area (Å²) in [5, 5.41) is 8.98. The monoisotopic (exact) mass is 347 g/mol. The van der Waals surface area contributed by atoms with Crippen LogP contribution in [0.25, 0.3) is 0 Å². The number of carboxylic acid groups (broad SMARTS) is 1. The quantitative estimate of drug-likeness (QED) is 0.883. The third-order valence-electron chi connectivity index (χ3n) is 5.20. The molecule has 3 rings (SSSR count). The number of aliphatic carboxylic acids is 1. The molecule has 6 nitrogen and oxygen atoms in total. The number of likely N-dealkylation sites (tertiary alicyclic amines) is 1. The number of carboxylic acids is 1. The first-order chi connectivity index (χ1) is 12.1. The van der Waals surface area contributed by atoms with Crippen molar-refractivity contribution in [1.82, 2.24) is 4.90 Å². The molecule has 1 N–H and O–H groups in total. The molecule has 25 heavy (non-hydrogen) atoms. The number of piperidine rings is 1. The number of amides is 1. The van der Waals surface area contributed by atoms with Gasteiger partial charge in [-0.05, 0) is 49.7 Å². The molecular weight excluding hydrogens is 322 g/mol. The first kappa shape index (κ1) is 17.7. The molecule has 0 unspecified atom stereocenters. The SMILES string of the molecule is COc1ccccc1CC1CCN(C(=O)[C@@H]2CC[C@H](C(=O)O)O2)CC1. The Balaban J connectivity index is 1.50. The highest BCUT2D eigenvalue weighted by Gasteiger charge is 2.37. The minimum Gasteiger partial charge on any atom is -0.496 e. The molecule has 0 spiro atoms. The molecule has 0 bridgehead atoms. The van der Waals surface area contributed by atoms with Gasteiger partial charge in [0.25, 0.3) is 5.91 Å². The molecule has 136 valence electrons. The average molecular weight is 347 g/mol. The van der Waals surface area contributed by atoms with E-state index in [9.17, 15) is 9.59 Å². The molecule has 2 heterocycles. The number of hydrogen-bond donors (Lipinski definition) is 1. The predicted molar refractivity (Wildman–Crippen MR) is 91.5 cm³/mol. The maximum atomic E-state index is 12.5. The standard InChI is InChI=1S/C19H25NO5/c1-24-15-5-3-2-4-14(15)12-13-8-10-20(11-9-13)18(21)16-6-7-17(25-16)19(22)23/h2-5,13,16-17H,6-12H2,1H3,(H,22,23)/t16-,17+/m0/s1. The highest BCUT2D eigenvalue weighted by atomic mass is 16.5. The van der Waals surface area contributed by atoms with Crippen molar-refractivity contribution >= 4 is 11.9 Å². The van der Waals surface area contributed by atoms with E-state index >= 15 is 0 Å². The second-order valence-corrected chi connectivity index (χ2v) is 6.81. The number of carbonyl (C=O) groups excluding carboxylic acids is 1. The fourth-order valence-electron chi connectivity index (χ4n) is 3.74. The normalized spacial score (nSPS) is 24.3. The van der Waals surface area contributed by atoms with Gasteiger partial charge < -0.3 is 19.5 Å². The van der Waals surface area contributed by atoms with Crippen molar-refractivity contribution in [3.05, 3.63) is 29.8 Å². The summed E-state index contributed by atoms with van der Waals surface area (Å²) >= 11 is 0. The molecule has 0 aliphatic carbocycles. The lowest BCUT2D eigenvalue weighted by Gasteiger charge is -2.33. The van der Waals surface area contributed by atoms with E-state index in [2.05, 4.69) is 6.07 Å². The lowest BCUT2D eigenvalue weighted by Crippen LogP contribution is -2.44. The molecular formula is C19H25NO5. The number of hydrogen-bond acceptors (Lipinski definition) is 4. The third-order valence-corrected chi connectivity index (χ3v) is 5.20. The first-order valence-electron chi connectivity index (χ1n) is 8.87. The van der Waals surface area contributed by atoms with E-state index in [4.69, 9.17) is 14.6 Å². The van der Waals surface area contributed by atoms with Crippen LogP contribution in [0.4, 0.5) is 0 Å². The van der Waals surface area contributed by atoms with Crippen LogP contribution in [0.1, 0.15) is 31.2 Å². The van der Waals surface area contributed by atoms with Gasteiger partial charge in [0.1, 0.15) is 11.9 Å². The smallest absolute Gasteiger partial charge is 0.332 e. The Kier molecular flexibility index (Phi) is 5.58. The van der Waals surface area contributed by atoms with Crippen molar-refractivity contribution in [3.63, 3.8) is 0 Å². The van der Waals surface area contributed by atoms with Gasteiger partial charge in [0.15, 0.2) is 6.10 Å². The average Bonchev–Trinajstić information content (AvgIpc) is 3.13. The molecule has 2 aliphatic rings. The zero-order valence-corrected chi connectivity index (χ0v) is 14.5. The summed E-state index contributed by atoms with van der Waals surface area (Å²) in [6.45, 7) is 1.41. The fraction of sp³-hybridized carbons (Fsp3) is 0.579. The Morgan fingerprint density at radius 1 is 1.16 bits per heavy atom. The number of benzene rings is 1. The van der Waals surface area contributed by atoms with Crippen LogP contribution in [0.15, 0.2) is 24.3 Å². The molecule has 0 radical (unpaired) electrons. The van der Waals surface area contributed by atoms with Crippen molar-refractivity contribution in [2.45, 2.75) is 44.3 Å². The highest BCUT2D eigenvalue weighted by molar-refractivity contribution is 5.82. The molecule has 2 fully saturated rings. The molecule has 1 aromatic rings. The zero-order chi connectivity index (χ0) is 17.8. The topological polar surface area (TPSA) is 76.1 Å². The van der Waals surface area contributed by atoms with Crippen molar-refractivity contribution in [1.29, 1.82) is 0 Å². The van der Waals surface area contributed by atoms with Crippen molar-refractivity contribution in [2.24, 2.45) is 5.92 Å². The number of carbonyl (C=O) groups is 2. The molecule has 2 saturated heterocycles. The third kappa shape index (κ3) is 4.12. The van der Waals surface area contributed by atoms with Crippen molar-refractivity contribution < 1.29 is 24.2 Å². The van der Waals surface area contributed by atoms with Gasteiger partial charge in [-0.15, -0.1) is 0 Å². The van der Waals surface area contributed by atoms with Crippen LogP contribution in [0.2, 0.25) is 0 Å². The van der Waals surface area contributed by atoms with Gasteiger partial charge in [-0.25, -0.2) is 4.79 Å². The number of rotatable bonds is 5. The van der Waals surface area contributed by atoms with E-state index in [1.807, 2.05) is 23.1 Å². The van der Waals surface area contributed by atoms with Gasteiger partial charge in [0.2, 0.25) is 0 Å². The lowest BCUT2D eigenvalue weighted by atomic mass is 9.89. The summed E-state index contributed by atoms with van der Waals surface area (Å²) in [5.41, 5.74) is 1.21. The number of nitrogens with zero attached hydrogens (tertiary/aromatic N) is 1. The van der Waals surface area contributed by atoms with Gasteiger partial charge >= 0.3 is 5.97 Å². The maximum absolute atomic E-state index is 12.5. The number of para-hydroxylation sites is 1. The van der Waals surface area contributed by atoms with Crippen molar-refractivity contribution in [3.8, 4) is 5.75 Å². The minimum absolute atomic E-state index is 0.0560. The van der Waals surface area contributed by atoms with Gasteiger partial charge in [-0.2, -0.15) is 0 Å². The Labute approximate surface area is 147 Å². The zero-order valence-electron chi connectivity index (χ0n) is 14.5. The largest absolute Gasteiger partial charge is 0.496 e. The minimum atomic E-state index is -0.981. The summed E-state index contributed by atoms with van der Waals surface area (Å²) in [6.07, 6.45) is 2.32. The number of methoxy groups -OCH3 is 1. The van der Waals surface area contributed by atoms with Gasteiger partial charge in [-0.1, -0.05) is 18.2 Å². The highest BCUT2D eigenvalue weighted by Crippen LogP contribution is 2.28. The van der Waals surface area contributed by atoms with Crippen molar-refractivity contribution in [2.75, 3.05) is 20.2 Å². The first-order valence-corrected chi connectivity index (χ1v) is 8.87. The molecule has 0 aromatic heterocycles. The Bertz CT molecular complexity index is 624. The summed E-state index contributed by atoms with van der Waals surface area (Å²) in [6, 6.07) is 8.06. The van der Waals surface area contributed by atoms with Crippen LogP contribution in [-0.2, 0) is 20.7 Å². The van der Waals surface area contributed by atoms with Crippen LogP contribution in [0.3, 0.4) is 0 Å². The molecule has 0 saturated carbocycles. The van der Waals surface area contributed by atoms with Crippen LogP contribution < -0.4 is 4.74 Å². The summed E-state index contributed by atoms with van der Waals surface area (Å²) in [4.78, 5) is 25.3. The van der Waals surface area contributed by atoms with Crippen LogP contribution >= 0.6 is 0 Å². The summed E-state index contributed by atoms with van der Waals surface area (Å²) < 4.78 is 10.8. The van der Waals surface area contributed by atoms with Crippen LogP contribution in [-0.4, -0.2) is 54.3 Å². The van der Waals surface area contributed by atoms with Gasteiger partial charge in [-0.3, -0.25) is 4.79 Å². The molecule has 6 heteroatoms. The molecule has 1 aromatic carbocycles. The van der Waals surface area contributed by atoms with Crippen LogP contribution in [0, 0.1) is 5.92 Å². The van der Waals surface area contributed by atoms with Gasteiger partial charge in [0, 0.05) is 13.1 Å². The second kappa shape index (κ2) is 7.87. The van der Waals surface area contributed by atoms with E-state index in [1.54, 1.807) is 7.11 Å². The molecule has 1 amide bonds. The Morgan fingerprint density at radius 2 is 1.84 bits per heavy atom. The fourth-order valence-corrected chi connectivity index (χ4v) is 3.74. The predicted octanol–water partition coefficient (Wildman–Crippen LogP) is 2.11. The van der Waals surface area contributed by atoms with E-state index < -0.39 is 18.2 Å². The number of ether oxygens (including phenoxy) is 2. The second-order valence-electron chi connectivity index (χ2n) is 6.81. The molecule has 2 aliphatic heterocycles. The molecule has 2 atom stereocenters.